The summed E-state index contributed by atoms with van der Waals surface area (Å²) >= 11 is 15.4. The normalized spacial score (nSPS) is 10.9. The van der Waals surface area contributed by atoms with Crippen LogP contribution in [-0.2, 0) is 13.2 Å². The summed E-state index contributed by atoms with van der Waals surface area (Å²) in [4.78, 5) is 12.6. The number of anilines is 1. The maximum Gasteiger partial charge on any atom is 0.292 e. The lowest BCUT2D eigenvalue weighted by atomic mass is 10.2. The number of carbonyl (C=O) groups excluding carboxylic acids is 1. The summed E-state index contributed by atoms with van der Waals surface area (Å²) in [6, 6.07) is 14.1. The summed E-state index contributed by atoms with van der Waals surface area (Å²) in [5, 5.41) is 8.02. The number of hydrogen-bond acceptors (Lipinski definition) is 4. The van der Waals surface area contributed by atoms with Crippen molar-refractivity contribution >= 4 is 50.9 Å². The van der Waals surface area contributed by atoms with Crippen LogP contribution in [0, 0.1) is 5.82 Å². The molecule has 0 aliphatic heterocycles. The lowest BCUT2D eigenvalue weighted by Gasteiger charge is -2.04. The van der Waals surface area contributed by atoms with Crippen molar-refractivity contribution in [3.05, 3.63) is 98.2 Å². The van der Waals surface area contributed by atoms with Gasteiger partial charge in [0.15, 0.2) is 11.6 Å². The molecule has 2 aromatic carbocycles. The molecule has 4 aromatic rings. The number of nitrogens with zero attached hydrogens (tertiary/aromatic N) is 2. The Balaban J connectivity index is 1.37. The summed E-state index contributed by atoms with van der Waals surface area (Å²) in [6.45, 7) is 0.540. The first-order valence-corrected chi connectivity index (χ1v) is 10.9. The molecule has 10 heteroatoms. The SMILES string of the molecule is O=C(Nc1nn(Cc2ccc(Cl)c(Cl)c2)cc1Br)c1ccc(COc2ccc(F)cc2)o1. The first-order valence-electron chi connectivity index (χ1n) is 9.33. The second-order valence-electron chi connectivity index (χ2n) is 6.73. The van der Waals surface area contributed by atoms with Gasteiger partial charge in [-0.15, -0.1) is 0 Å². The number of carbonyl (C=O) groups is 1. The molecular weight excluding hydrogens is 524 g/mol. The number of rotatable bonds is 7. The average molecular weight is 539 g/mol. The third kappa shape index (κ3) is 5.51. The molecule has 1 N–H and O–H groups in total. The van der Waals surface area contributed by atoms with E-state index < -0.39 is 5.91 Å². The van der Waals surface area contributed by atoms with E-state index >= 15 is 0 Å². The van der Waals surface area contributed by atoms with Crippen molar-refractivity contribution in [3.8, 4) is 5.75 Å². The van der Waals surface area contributed by atoms with Crippen molar-refractivity contribution in [3.63, 3.8) is 0 Å². The van der Waals surface area contributed by atoms with Gasteiger partial charge in [-0.05, 0) is 70.0 Å². The smallest absolute Gasteiger partial charge is 0.292 e. The highest BCUT2D eigenvalue weighted by Gasteiger charge is 2.16. The molecule has 0 bridgehead atoms. The maximum atomic E-state index is 13.0. The zero-order valence-electron chi connectivity index (χ0n) is 16.3. The molecule has 0 atom stereocenters. The number of furan rings is 1. The molecule has 2 aromatic heterocycles. The van der Waals surface area contributed by atoms with Gasteiger partial charge in [-0.2, -0.15) is 5.10 Å². The minimum Gasteiger partial charge on any atom is -0.486 e. The predicted octanol–water partition coefficient (Wildman–Crippen LogP) is 6.56. The Morgan fingerprint density at radius 3 is 2.66 bits per heavy atom. The van der Waals surface area contributed by atoms with Crippen LogP contribution in [0.3, 0.4) is 0 Å². The van der Waals surface area contributed by atoms with Crippen LogP contribution in [0.5, 0.6) is 5.75 Å². The van der Waals surface area contributed by atoms with Gasteiger partial charge >= 0.3 is 0 Å². The van der Waals surface area contributed by atoms with Crippen LogP contribution in [0.2, 0.25) is 10.0 Å². The van der Waals surface area contributed by atoms with Gasteiger partial charge in [0.25, 0.3) is 5.91 Å². The second-order valence-corrected chi connectivity index (χ2v) is 8.40. The van der Waals surface area contributed by atoms with Gasteiger partial charge in [-0.3, -0.25) is 9.48 Å². The zero-order chi connectivity index (χ0) is 22.7. The van der Waals surface area contributed by atoms with E-state index in [0.717, 1.165) is 5.56 Å². The summed E-state index contributed by atoms with van der Waals surface area (Å²) in [6.07, 6.45) is 1.74. The predicted molar refractivity (Wildman–Crippen MR) is 123 cm³/mol. The molecule has 6 nitrogen and oxygen atoms in total. The van der Waals surface area contributed by atoms with E-state index in [9.17, 15) is 9.18 Å². The van der Waals surface area contributed by atoms with Gasteiger partial charge in [0.1, 0.15) is 23.9 Å². The fraction of sp³-hybridized carbons (Fsp3) is 0.0909. The molecule has 0 fully saturated rings. The van der Waals surface area contributed by atoms with E-state index in [0.29, 0.717) is 38.4 Å². The van der Waals surface area contributed by atoms with Crippen LogP contribution < -0.4 is 10.1 Å². The first-order chi connectivity index (χ1) is 15.4. The van der Waals surface area contributed by atoms with Gasteiger partial charge in [-0.25, -0.2) is 4.39 Å². The van der Waals surface area contributed by atoms with Crippen molar-refractivity contribution in [2.45, 2.75) is 13.2 Å². The molecule has 0 unspecified atom stereocenters. The Hall–Kier alpha value is -2.81. The monoisotopic (exact) mass is 537 g/mol. The number of benzene rings is 2. The molecule has 1 amide bonds. The van der Waals surface area contributed by atoms with Crippen LogP contribution >= 0.6 is 39.1 Å². The molecule has 0 saturated carbocycles. The minimum atomic E-state index is -0.460. The summed E-state index contributed by atoms with van der Waals surface area (Å²) < 4.78 is 26.3. The van der Waals surface area contributed by atoms with Gasteiger partial charge in [-0.1, -0.05) is 29.3 Å². The number of hydrogen-bond donors (Lipinski definition) is 1. The standard InChI is InChI=1S/C22H15BrCl2FN3O3/c23-17-11-29(10-13-1-7-18(24)19(25)9-13)28-21(17)27-22(30)20-8-6-16(32-20)12-31-15-4-2-14(26)3-5-15/h1-9,11H,10,12H2,(H,27,28,30). The first kappa shape index (κ1) is 22.4. The van der Waals surface area contributed by atoms with Crippen molar-refractivity contribution in [1.29, 1.82) is 0 Å². The topological polar surface area (TPSA) is 69.3 Å². The van der Waals surface area contributed by atoms with Crippen LogP contribution in [0.25, 0.3) is 0 Å². The molecule has 0 saturated heterocycles. The van der Waals surface area contributed by atoms with Crippen LogP contribution in [0.15, 0.2) is 69.7 Å². The zero-order valence-corrected chi connectivity index (χ0v) is 19.4. The van der Waals surface area contributed by atoms with Crippen molar-refractivity contribution in [2.75, 3.05) is 5.32 Å². The Labute approximate surface area is 201 Å². The Kier molecular flexibility index (Phi) is 6.83. The molecule has 0 spiro atoms. The quantitative estimate of drug-likeness (QED) is 0.289. The molecule has 0 aliphatic carbocycles. The Morgan fingerprint density at radius 2 is 1.91 bits per heavy atom. The number of halogens is 4. The molecule has 0 radical (unpaired) electrons. The average Bonchev–Trinajstić information content (AvgIpc) is 3.37. The lowest BCUT2D eigenvalue weighted by molar-refractivity contribution is 0.0992. The maximum absolute atomic E-state index is 13.0. The fourth-order valence-electron chi connectivity index (χ4n) is 2.82. The number of aromatic nitrogens is 2. The number of amides is 1. The number of nitrogens with one attached hydrogen (secondary N) is 1. The van der Waals surface area contributed by atoms with Crippen molar-refractivity contribution in [2.24, 2.45) is 0 Å². The van der Waals surface area contributed by atoms with E-state index in [1.807, 2.05) is 6.07 Å². The molecule has 2 heterocycles. The van der Waals surface area contributed by atoms with Crippen molar-refractivity contribution < 1.29 is 18.3 Å². The summed E-state index contributed by atoms with van der Waals surface area (Å²) in [7, 11) is 0. The van der Waals surface area contributed by atoms with Crippen LogP contribution in [-0.4, -0.2) is 15.7 Å². The summed E-state index contributed by atoms with van der Waals surface area (Å²) in [5.74, 6) is 0.580. The van der Waals surface area contributed by atoms with Gasteiger partial charge in [0, 0.05) is 6.20 Å². The number of ether oxygens (including phenoxy) is 1. The van der Waals surface area contributed by atoms with Crippen LogP contribution in [0.4, 0.5) is 10.2 Å². The van der Waals surface area contributed by atoms with Crippen LogP contribution in [0.1, 0.15) is 21.9 Å². The van der Waals surface area contributed by atoms with E-state index in [4.69, 9.17) is 32.4 Å². The Morgan fingerprint density at radius 1 is 1.12 bits per heavy atom. The van der Waals surface area contributed by atoms with E-state index in [1.54, 1.807) is 35.1 Å². The third-order valence-electron chi connectivity index (χ3n) is 4.36. The van der Waals surface area contributed by atoms with E-state index in [2.05, 4.69) is 26.3 Å². The molecular formula is C22H15BrCl2FN3O3. The highest BCUT2D eigenvalue weighted by Crippen LogP contribution is 2.25. The molecule has 4 rings (SSSR count). The highest BCUT2D eigenvalue weighted by molar-refractivity contribution is 9.10. The fourth-order valence-corrected chi connectivity index (χ4v) is 3.56. The van der Waals surface area contributed by atoms with Crippen molar-refractivity contribution in [1.82, 2.24) is 9.78 Å². The summed E-state index contributed by atoms with van der Waals surface area (Å²) in [5.41, 5.74) is 0.907. The van der Waals surface area contributed by atoms with Gasteiger partial charge in [0.2, 0.25) is 0 Å². The van der Waals surface area contributed by atoms with Gasteiger partial charge in [0.05, 0.1) is 21.1 Å². The second kappa shape index (κ2) is 9.77. The lowest BCUT2D eigenvalue weighted by Crippen LogP contribution is -2.12. The minimum absolute atomic E-state index is 0.0981. The molecule has 164 valence electrons. The Bertz CT molecular complexity index is 1260. The molecule has 0 aliphatic rings. The van der Waals surface area contributed by atoms with E-state index in [1.165, 1.54) is 24.3 Å². The van der Waals surface area contributed by atoms with E-state index in [-0.39, 0.29) is 18.2 Å². The van der Waals surface area contributed by atoms with Gasteiger partial charge < -0.3 is 14.5 Å². The highest BCUT2D eigenvalue weighted by atomic mass is 79.9. The third-order valence-corrected chi connectivity index (χ3v) is 5.68. The molecule has 32 heavy (non-hydrogen) atoms. The largest absolute Gasteiger partial charge is 0.486 e.